The predicted octanol–water partition coefficient (Wildman–Crippen LogP) is 4.11. The molecular weight excluding hydrogens is 295 g/mol. The SMILES string of the molecule is C[C@@H](Oc1ccccc1)C(=O)Nc1ccc(C(F)(F)F)cc1. The fourth-order valence-corrected chi connectivity index (χ4v) is 1.74. The van der Waals surface area contributed by atoms with Gasteiger partial charge < -0.3 is 10.1 Å². The van der Waals surface area contributed by atoms with Gasteiger partial charge in [0, 0.05) is 5.69 Å². The van der Waals surface area contributed by atoms with Gasteiger partial charge in [-0.2, -0.15) is 13.2 Å². The van der Waals surface area contributed by atoms with Gasteiger partial charge in [-0.3, -0.25) is 4.79 Å². The molecule has 0 saturated carbocycles. The number of halogens is 3. The van der Waals surface area contributed by atoms with Crippen molar-refractivity contribution in [3.05, 3.63) is 60.2 Å². The molecule has 0 saturated heterocycles. The molecule has 3 nitrogen and oxygen atoms in total. The molecule has 0 radical (unpaired) electrons. The number of rotatable bonds is 4. The normalized spacial score (nSPS) is 12.5. The summed E-state index contributed by atoms with van der Waals surface area (Å²) in [5.74, 6) is 0.0983. The van der Waals surface area contributed by atoms with Crippen LogP contribution in [-0.4, -0.2) is 12.0 Å². The molecule has 0 unspecified atom stereocenters. The Kier molecular flexibility index (Phi) is 4.70. The number of anilines is 1. The predicted molar refractivity (Wildman–Crippen MR) is 76.6 cm³/mol. The lowest BCUT2D eigenvalue weighted by molar-refractivity contribution is -0.137. The zero-order chi connectivity index (χ0) is 16.2. The van der Waals surface area contributed by atoms with Crippen LogP contribution >= 0.6 is 0 Å². The van der Waals surface area contributed by atoms with E-state index in [0.29, 0.717) is 5.75 Å². The number of para-hydroxylation sites is 1. The van der Waals surface area contributed by atoms with Gasteiger partial charge in [-0.05, 0) is 43.3 Å². The Labute approximate surface area is 125 Å². The molecule has 1 atom stereocenters. The number of ether oxygens (including phenoxy) is 1. The van der Waals surface area contributed by atoms with E-state index in [2.05, 4.69) is 5.32 Å². The van der Waals surface area contributed by atoms with Crippen molar-refractivity contribution >= 4 is 11.6 Å². The first-order valence-electron chi connectivity index (χ1n) is 6.56. The van der Waals surface area contributed by atoms with Crippen LogP contribution < -0.4 is 10.1 Å². The fraction of sp³-hybridized carbons (Fsp3) is 0.188. The Bertz CT molecular complexity index is 624. The van der Waals surface area contributed by atoms with Crippen LogP contribution in [0, 0.1) is 0 Å². The quantitative estimate of drug-likeness (QED) is 0.923. The molecule has 0 aromatic heterocycles. The molecule has 116 valence electrons. The Morgan fingerprint density at radius 1 is 1.05 bits per heavy atom. The number of hydrogen-bond donors (Lipinski definition) is 1. The van der Waals surface area contributed by atoms with Crippen LogP contribution in [-0.2, 0) is 11.0 Å². The fourth-order valence-electron chi connectivity index (χ4n) is 1.74. The summed E-state index contributed by atoms with van der Waals surface area (Å²) in [5.41, 5.74) is -0.486. The third kappa shape index (κ3) is 4.25. The van der Waals surface area contributed by atoms with Crippen LogP contribution in [0.5, 0.6) is 5.75 Å². The maximum Gasteiger partial charge on any atom is 0.416 e. The van der Waals surface area contributed by atoms with Crippen molar-refractivity contribution in [2.24, 2.45) is 0 Å². The van der Waals surface area contributed by atoms with Crippen molar-refractivity contribution in [2.45, 2.75) is 19.2 Å². The summed E-state index contributed by atoms with van der Waals surface area (Å²) in [7, 11) is 0. The Morgan fingerprint density at radius 3 is 2.18 bits per heavy atom. The molecule has 2 aromatic carbocycles. The molecule has 2 rings (SSSR count). The van der Waals surface area contributed by atoms with Gasteiger partial charge in [0.2, 0.25) is 0 Å². The van der Waals surface area contributed by atoms with Crippen LogP contribution in [0.2, 0.25) is 0 Å². The van der Waals surface area contributed by atoms with Crippen molar-refractivity contribution in [1.29, 1.82) is 0 Å². The minimum absolute atomic E-state index is 0.279. The van der Waals surface area contributed by atoms with Crippen molar-refractivity contribution in [2.75, 3.05) is 5.32 Å². The lowest BCUT2D eigenvalue weighted by atomic mass is 10.2. The molecular formula is C16H14F3NO2. The van der Waals surface area contributed by atoms with E-state index in [1.807, 2.05) is 6.07 Å². The molecule has 0 aliphatic heterocycles. The molecule has 1 N–H and O–H groups in total. The maximum absolute atomic E-state index is 12.4. The number of benzene rings is 2. The van der Waals surface area contributed by atoms with Crippen molar-refractivity contribution in [3.8, 4) is 5.75 Å². The Hall–Kier alpha value is -2.50. The van der Waals surface area contributed by atoms with E-state index < -0.39 is 23.8 Å². The maximum atomic E-state index is 12.4. The number of alkyl halides is 3. The van der Waals surface area contributed by atoms with Crippen LogP contribution in [0.3, 0.4) is 0 Å². The molecule has 0 aliphatic rings. The molecule has 0 heterocycles. The van der Waals surface area contributed by atoms with E-state index >= 15 is 0 Å². The molecule has 22 heavy (non-hydrogen) atoms. The smallest absolute Gasteiger partial charge is 0.416 e. The van der Waals surface area contributed by atoms with Crippen LogP contribution in [0.4, 0.5) is 18.9 Å². The standard InChI is InChI=1S/C16H14F3NO2/c1-11(22-14-5-3-2-4-6-14)15(21)20-13-9-7-12(8-10-13)16(17,18)19/h2-11H,1H3,(H,20,21)/t11-/m1/s1. The number of hydrogen-bond acceptors (Lipinski definition) is 2. The monoisotopic (exact) mass is 309 g/mol. The van der Waals surface area contributed by atoms with Crippen LogP contribution in [0.25, 0.3) is 0 Å². The van der Waals surface area contributed by atoms with E-state index in [9.17, 15) is 18.0 Å². The largest absolute Gasteiger partial charge is 0.481 e. The topological polar surface area (TPSA) is 38.3 Å². The molecule has 0 aliphatic carbocycles. The first-order chi connectivity index (χ1) is 10.4. The zero-order valence-electron chi connectivity index (χ0n) is 11.7. The first kappa shape index (κ1) is 15.9. The van der Waals surface area contributed by atoms with Gasteiger partial charge in [0.25, 0.3) is 5.91 Å². The second kappa shape index (κ2) is 6.51. The number of amides is 1. The highest BCUT2D eigenvalue weighted by molar-refractivity contribution is 5.94. The lowest BCUT2D eigenvalue weighted by Crippen LogP contribution is -2.30. The van der Waals surface area contributed by atoms with Gasteiger partial charge in [-0.1, -0.05) is 18.2 Å². The molecule has 6 heteroatoms. The summed E-state index contributed by atoms with van der Waals surface area (Å²) in [5, 5.41) is 2.51. The summed E-state index contributed by atoms with van der Waals surface area (Å²) in [6, 6.07) is 13.0. The van der Waals surface area contributed by atoms with Gasteiger partial charge in [-0.25, -0.2) is 0 Å². The minimum Gasteiger partial charge on any atom is -0.481 e. The van der Waals surface area contributed by atoms with Crippen molar-refractivity contribution in [3.63, 3.8) is 0 Å². The van der Waals surface area contributed by atoms with Crippen LogP contribution in [0.1, 0.15) is 12.5 Å². The summed E-state index contributed by atoms with van der Waals surface area (Å²) >= 11 is 0. The molecule has 2 aromatic rings. The summed E-state index contributed by atoms with van der Waals surface area (Å²) in [6.45, 7) is 1.56. The highest BCUT2D eigenvalue weighted by atomic mass is 19.4. The van der Waals surface area contributed by atoms with E-state index in [4.69, 9.17) is 4.74 Å². The molecule has 0 spiro atoms. The Morgan fingerprint density at radius 2 is 1.64 bits per heavy atom. The third-order valence-corrected chi connectivity index (χ3v) is 2.91. The summed E-state index contributed by atoms with van der Waals surface area (Å²) in [4.78, 5) is 11.9. The second-order valence-corrected chi connectivity index (χ2v) is 4.64. The molecule has 0 bridgehead atoms. The summed E-state index contributed by atoms with van der Waals surface area (Å²) < 4.78 is 42.8. The molecule has 1 amide bonds. The highest BCUT2D eigenvalue weighted by Crippen LogP contribution is 2.29. The van der Waals surface area contributed by atoms with Gasteiger partial charge in [0.15, 0.2) is 6.10 Å². The molecule has 0 fully saturated rings. The van der Waals surface area contributed by atoms with E-state index in [-0.39, 0.29) is 5.69 Å². The minimum atomic E-state index is -4.40. The van der Waals surface area contributed by atoms with E-state index in [0.717, 1.165) is 12.1 Å². The number of nitrogens with one attached hydrogen (secondary N) is 1. The van der Waals surface area contributed by atoms with E-state index in [1.54, 1.807) is 31.2 Å². The van der Waals surface area contributed by atoms with Crippen molar-refractivity contribution in [1.82, 2.24) is 0 Å². The zero-order valence-corrected chi connectivity index (χ0v) is 11.7. The lowest BCUT2D eigenvalue weighted by Gasteiger charge is -2.15. The summed E-state index contributed by atoms with van der Waals surface area (Å²) in [6.07, 6.45) is -5.17. The van der Waals surface area contributed by atoms with Gasteiger partial charge in [-0.15, -0.1) is 0 Å². The van der Waals surface area contributed by atoms with E-state index in [1.165, 1.54) is 12.1 Å². The number of carbonyl (C=O) groups excluding carboxylic acids is 1. The second-order valence-electron chi connectivity index (χ2n) is 4.64. The Balaban J connectivity index is 1.96. The van der Waals surface area contributed by atoms with Gasteiger partial charge in [0.05, 0.1) is 5.56 Å². The first-order valence-corrected chi connectivity index (χ1v) is 6.56. The van der Waals surface area contributed by atoms with Gasteiger partial charge >= 0.3 is 6.18 Å². The number of carbonyl (C=O) groups is 1. The van der Waals surface area contributed by atoms with Crippen molar-refractivity contribution < 1.29 is 22.7 Å². The average Bonchev–Trinajstić information content (AvgIpc) is 2.48. The highest BCUT2D eigenvalue weighted by Gasteiger charge is 2.30. The van der Waals surface area contributed by atoms with Gasteiger partial charge in [0.1, 0.15) is 5.75 Å². The third-order valence-electron chi connectivity index (χ3n) is 2.91. The average molecular weight is 309 g/mol. The van der Waals surface area contributed by atoms with Crippen LogP contribution in [0.15, 0.2) is 54.6 Å².